The Morgan fingerprint density at radius 2 is 1.64 bits per heavy atom. The first kappa shape index (κ1) is 25.2. The summed E-state index contributed by atoms with van der Waals surface area (Å²) in [5.41, 5.74) is 4.04. The van der Waals surface area contributed by atoms with Crippen LogP contribution in [0.15, 0.2) is 47.1 Å². The van der Waals surface area contributed by atoms with E-state index in [1.807, 2.05) is 37.3 Å². The summed E-state index contributed by atoms with van der Waals surface area (Å²) >= 11 is 0. The topological polar surface area (TPSA) is 87.4 Å². The van der Waals surface area contributed by atoms with Gasteiger partial charge in [0.25, 0.3) is 0 Å². The van der Waals surface area contributed by atoms with Gasteiger partial charge in [0.2, 0.25) is 5.91 Å². The Bertz CT molecular complexity index is 1300. The second-order valence-electron chi connectivity index (χ2n) is 8.72. The van der Waals surface area contributed by atoms with Gasteiger partial charge in [0, 0.05) is 41.7 Å². The van der Waals surface area contributed by atoms with Crippen LogP contribution in [0.5, 0.6) is 17.2 Å². The Balaban J connectivity index is 1.64. The molecule has 1 saturated heterocycles. The molecule has 8 nitrogen and oxygen atoms in total. The van der Waals surface area contributed by atoms with Crippen LogP contribution in [0.25, 0.3) is 27.7 Å². The molecule has 190 valence electrons. The molecule has 0 spiro atoms. The maximum absolute atomic E-state index is 13.0. The molecule has 1 aliphatic heterocycles. The second-order valence-corrected chi connectivity index (χ2v) is 8.72. The Morgan fingerprint density at radius 3 is 2.28 bits per heavy atom. The lowest BCUT2D eigenvalue weighted by atomic mass is 9.96. The first-order chi connectivity index (χ1) is 17.4. The summed E-state index contributed by atoms with van der Waals surface area (Å²) < 4.78 is 27.1. The van der Waals surface area contributed by atoms with Gasteiger partial charge in [-0.1, -0.05) is 6.07 Å². The normalized spacial score (nSPS) is 14.6. The minimum atomic E-state index is -0.211. The largest absolute Gasteiger partial charge is 0.496 e. The summed E-state index contributed by atoms with van der Waals surface area (Å²) in [6.45, 7) is 2.92. The van der Waals surface area contributed by atoms with Crippen molar-refractivity contribution in [1.29, 1.82) is 0 Å². The van der Waals surface area contributed by atoms with Crippen molar-refractivity contribution in [3.8, 4) is 28.4 Å². The average molecular weight is 494 g/mol. The number of esters is 1. The maximum Gasteiger partial charge on any atom is 0.308 e. The number of furan rings is 1. The molecule has 2 aromatic carbocycles. The molecular weight excluding hydrogens is 462 g/mol. The number of hydrogen-bond donors (Lipinski definition) is 0. The molecule has 0 radical (unpaired) electrons. The number of nitrogens with zero attached hydrogens (tertiary/aromatic N) is 1. The molecule has 4 rings (SSSR count). The van der Waals surface area contributed by atoms with Gasteiger partial charge in [0.15, 0.2) is 11.5 Å². The molecule has 8 heteroatoms. The number of piperidine rings is 1. The number of carbonyl (C=O) groups excluding carboxylic acids is 2. The van der Waals surface area contributed by atoms with E-state index in [1.54, 1.807) is 38.6 Å². The number of methoxy groups -OCH3 is 4. The van der Waals surface area contributed by atoms with Crippen LogP contribution in [0.1, 0.15) is 25.3 Å². The Hall–Kier alpha value is -3.94. The number of carbonyl (C=O) groups is 2. The van der Waals surface area contributed by atoms with Crippen LogP contribution < -0.4 is 14.2 Å². The van der Waals surface area contributed by atoms with Crippen LogP contribution in [-0.4, -0.2) is 58.3 Å². The van der Waals surface area contributed by atoms with Gasteiger partial charge in [0.1, 0.15) is 11.3 Å². The van der Waals surface area contributed by atoms with E-state index in [0.29, 0.717) is 48.8 Å². The van der Waals surface area contributed by atoms with Gasteiger partial charge < -0.3 is 28.3 Å². The van der Waals surface area contributed by atoms with Gasteiger partial charge in [-0.15, -0.1) is 0 Å². The van der Waals surface area contributed by atoms with E-state index in [4.69, 9.17) is 23.4 Å². The predicted molar refractivity (Wildman–Crippen MR) is 136 cm³/mol. The number of amides is 1. The van der Waals surface area contributed by atoms with Crippen molar-refractivity contribution < 1.29 is 33.0 Å². The Kier molecular flexibility index (Phi) is 7.52. The zero-order chi connectivity index (χ0) is 25.8. The van der Waals surface area contributed by atoms with Crippen LogP contribution in [0.4, 0.5) is 0 Å². The van der Waals surface area contributed by atoms with Crippen LogP contribution in [0, 0.1) is 5.92 Å². The van der Waals surface area contributed by atoms with Gasteiger partial charge >= 0.3 is 5.97 Å². The second kappa shape index (κ2) is 10.8. The number of hydrogen-bond acceptors (Lipinski definition) is 7. The minimum Gasteiger partial charge on any atom is -0.496 e. The molecule has 1 aromatic heterocycles. The standard InChI is InChI=1S/C28H31NO7/c1-17(12-27(30)29-10-8-18(9-11-29)28(31)35-5)20-14-21-22(16-36-25(21)15-24(20)33-3)19-6-7-23(32-2)26(13-19)34-4/h6-7,12-16,18H,8-11H2,1-5H3/b17-12+. The number of rotatable bonds is 7. The van der Waals surface area contributed by atoms with Crippen molar-refractivity contribution in [3.63, 3.8) is 0 Å². The molecule has 0 aliphatic carbocycles. The smallest absolute Gasteiger partial charge is 0.308 e. The Labute approximate surface area is 210 Å². The summed E-state index contributed by atoms with van der Waals surface area (Å²) in [5, 5.41) is 0.886. The van der Waals surface area contributed by atoms with Gasteiger partial charge in [-0.3, -0.25) is 9.59 Å². The van der Waals surface area contributed by atoms with Crippen LogP contribution in [0.2, 0.25) is 0 Å². The van der Waals surface area contributed by atoms with E-state index in [9.17, 15) is 9.59 Å². The van der Waals surface area contributed by atoms with Crippen molar-refractivity contribution in [3.05, 3.63) is 48.2 Å². The minimum absolute atomic E-state index is 0.0923. The predicted octanol–water partition coefficient (Wildman–Crippen LogP) is 4.94. The molecule has 1 fully saturated rings. The van der Waals surface area contributed by atoms with Crippen LogP contribution >= 0.6 is 0 Å². The number of fused-ring (bicyclic) bond motifs is 1. The summed E-state index contributed by atoms with van der Waals surface area (Å²) in [6, 6.07) is 9.51. The van der Waals surface area contributed by atoms with E-state index in [0.717, 1.165) is 27.6 Å². The van der Waals surface area contributed by atoms with E-state index in [-0.39, 0.29) is 17.8 Å². The van der Waals surface area contributed by atoms with Crippen LogP contribution in [0.3, 0.4) is 0 Å². The molecular formula is C28H31NO7. The average Bonchev–Trinajstić information content (AvgIpc) is 3.34. The lowest BCUT2D eigenvalue weighted by molar-refractivity contribution is -0.148. The maximum atomic E-state index is 13.0. The van der Waals surface area contributed by atoms with Gasteiger partial charge in [-0.05, 0) is 49.1 Å². The highest BCUT2D eigenvalue weighted by Gasteiger charge is 2.27. The lowest BCUT2D eigenvalue weighted by Gasteiger charge is -2.30. The zero-order valence-electron chi connectivity index (χ0n) is 21.3. The third-order valence-corrected chi connectivity index (χ3v) is 6.70. The van der Waals surface area contributed by atoms with E-state index in [1.165, 1.54) is 7.11 Å². The quantitative estimate of drug-likeness (QED) is 0.340. The highest BCUT2D eigenvalue weighted by atomic mass is 16.5. The lowest BCUT2D eigenvalue weighted by Crippen LogP contribution is -2.39. The molecule has 0 N–H and O–H groups in total. The van der Waals surface area contributed by atoms with Crippen molar-refractivity contribution in [1.82, 2.24) is 4.90 Å². The molecule has 0 bridgehead atoms. The SMILES string of the molecule is COC(=O)C1CCN(C(=O)/C=C(\C)c2cc3c(-c4ccc(OC)c(OC)c4)coc3cc2OC)CC1. The fourth-order valence-electron chi connectivity index (χ4n) is 4.62. The van der Waals surface area contributed by atoms with E-state index < -0.39 is 0 Å². The summed E-state index contributed by atoms with van der Waals surface area (Å²) in [6.07, 6.45) is 4.53. The molecule has 1 amide bonds. The molecule has 36 heavy (non-hydrogen) atoms. The number of benzene rings is 2. The fraction of sp³-hybridized carbons (Fsp3) is 0.357. The monoisotopic (exact) mass is 493 g/mol. The molecule has 1 aliphatic rings. The van der Waals surface area contributed by atoms with Gasteiger partial charge in [-0.25, -0.2) is 0 Å². The molecule has 0 atom stereocenters. The van der Waals surface area contributed by atoms with Gasteiger partial charge in [-0.2, -0.15) is 0 Å². The molecule has 2 heterocycles. The van der Waals surface area contributed by atoms with Crippen molar-refractivity contribution in [2.75, 3.05) is 41.5 Å². The van der Waals surface area contributed by atoms with Crippen molar-refractivity contribution in [2.45, 2.75) is 19.8 Å². The highest BCUT2D eigenvalue weighted by Crippen LogP contribution is 2.40. The number of likely N-dealkylation sites (tertiary alicyclic amines) is 1. The van der Waals surface area contributed by atoms with Crippen molar-refractivity contribution >= 4 is 28.4 Å². The third kappa shape index (κ3) is 4.89. The van der Waals surface area contributed by atoms with E-state index in [2.05, 4.69) is 0 Å². The first-order valence-electron chi connectivity index (χ1n) is 11.8. The molecule has 3 aromatic rings. The first-order valence-corrected chi connectivity index (χ1v) is 11.8. The van der Waals surface area contributed by atoms with Crippen LogP contribution in [-0.2, 0) is 14.3 Å². The summed E-state index contributed by atoms with van der Waals surface area (Å²) in [4.78, 5) is 26.6. The zero-order valence-corrected chi connectivity index (χ0v) is 21.3. The summed E-state index contributed by atoms with van der Waals surface area (Å²) in [7, 11) is 6.19. The molecule has 0 saturated carbocycles. The number of ether oxygens (including phenoxy) is 4. The van der Waals surface area contributed by atoms with Gasteiger partial charge in [0.05, 0.1) is 40.6 Å². The number of allylic oxidation sites excluding steroid dienone is 1. The third-order valence-electron chi connectivity index (χ3n) is 6.70. The molecule has 0 unspecified atom stereocenters. The van der Waals surface area contributed by atoms with E-state index >= 15 is 0 Å². The highest BCUT2D eigenvalue weighted by molar-refractivity contribution is 6.00. The Morgan fingerprint density at radius 1 is 0.944 bits per heavy atom. The fourth-order valence-corrected chi connectivity index (χ4v) is 4.62. The van der Waals surface area contributed by atoms with Crippen molar-refractivity contribution in [2.24, 2.45) is 5.92 Å². The summed E-state index contributed by atoms with van der Waals surface area (Å²) in [5.74, 6) is 1.42.